The molecule has 1 aliphatic heterocycles. The van der Waals surface area contributed by atoms with Crippen molar-refractivity contribution in [2.75, 3.05) is 13.8 Å². The highest BCUT2D eigenvalue weighted by molar-refractivity contribution is 5.92. The summed E-state index contributed by atoms with van der Waals surface area (Å²) >= 11 is 0. The maximum Gasteiger partial charge on any atom is 0.270 e. The van der Waals surface area contributed by atoms with Crippen LogP contribution in [0.3, 0.4) is 0 Å². The fourth-order valence-electron chi connectivity index (χ4n) is 3.05. The largest absolute Gasteiger partial charge is 0.467 e. The Morgan fingerprint density at radius 2 is 1.90 bits per heavy atom. The minimum Gasteiger partial charge on any atom is -0.467 e. The molecule has 0 spiro atoms. The number of rotatable bonds is 6. The Hall–Kier alpha value is -3.79. The number of non-ortho nitro benzene ring substituents is 2. The molecule has 10 heteroatoms. The van der Waals surface area contributed by atoms with Crippen LogP contribution in [-0.2, 0) is 16.1 Å². The van der Waals surface area contributed by atoms with Gasteiger partial charge >= 0.3 is 0 Å². The lowest BCUT2D eigenvalue weighted by Gasteiger charge is -2.24. The average Bonchev–Trinajstić information content (AvgIpc) is 2.75. The smallest absolute Gasteiger partial charge is 0.270 e. The van der Waals surface area contributed by atoms with Gasteiger partial charge in [0.2, 0.25) is 5.91 Å². The number of benzene rings is 2. The number of carbonyl (C=O) groups is 1. The van der Waals surface area contributed by atoms with Crippen molar-refractivity contribution < 1.29 is 24.1 Å². The van der Waals surface area contributed by atoms with E-state index in [0.29, 0.717) is 22.4 Å². The third kappa shape index (κ3) is 4.44. The molecule has 2 aromatic carbocycles. The predicted molar refractivity (Wildman–Crippen MR) is 107 cm³/mol. The highest BCUT2D eigenvalue weighted by atomic mass is 16.7. The Balaban J connectivity index is 1.83. The first-order valence-electron chi connectivity index (χ1n) is 8.99. The highest BCUT2D eigenvalue weighted by Gasteiger charge is 2.21. The van der Waals surface area contributed by atoms with Crippen molar-refractivity contribution >= 4 is 23.4 Å². The van der Waals surface area contributed by atoms with Gasteiger partial charge in [-0.15, -0.1) is 0 Å². The summed E-state index contributed by atoms with van der Waals surface area (Å²) in [5, 5.41) is 22.2. The van der Waals surface area contributed by atoms with E-state index in [4.69, 9.17) is 9.47 Å². The van der Waals surface area contributed by atoms with E-state index < -0.39 is 15.9 Å². The van der Waals surface area contributed by atoms with E-state index in [-0.39, 0.29) is 30.7 Å². The maximum absolute atomic E-state index is 12.6. The summed E-state index contributed by atoms with van der Waals surface area (Å²) in [7, 11) is 1.57. The van der Waals surface area contributed by atoms with Crippen LogP contribution in [0, 0.1) is 20.2 Å². The molecule has 0 unspecified atom stereocenters. The van der Waals surface area contributed by atoms with Crippen LogP contribution in [0.4, 0.5) is 11.4 Å². The molecular formula is C20H19N3O7. The third-order valence-corrected chi connectivity index (χ3v) is 4.83. The topological polar surface area (TPSA) is 125 Å². The van der Waals surface area contributed by atoms with E-state index in [9.17, 15) is 25.0 Å². The molecule has 1 heterocycles. The van der Waals surface area contributed by atoms with Gasteiger partial charge < -0.3 is 14.4 Å². The van der Waals surface area contributed by atoms with Crippen LogP contribution in [0.25, 0.3) is 6.08 Å². The number of ether oxygens (including phenoxy) is 2. The summed E-state index contributed by atoms with van der Waals surface area (Å²) in [6.07, 6.45) is 2.74. The van der Waals surface area contributed by atoms with Crippen molar-refractivity contribution in [2.45, 2.75) is 19.6 Å². The first-order valence-corrected chi connectivity index (χ1v) is 8.99. The molecule has 0 saturated carbocycles. The van der Waals surface area contributed by atoms with Gasteiger partial charge in [0.05, 0.1) is 22.5 Å². The number of amides is 1. The molecule has 0 N–H and O–H groups in total. The number of fused-ring (bicyclic) bond motifs is 1. The number of nitro benzene ring substituents is 2. The lowest BCUT2D eigenvalue weighted by molar-refractivity contribution is -0.385. The van der Waals surface area contributed by atoms with E-state index in [0.717, 1.165) is 0 Å². The molecule has 10 nitrogen and oxygen atoms in total. The number of nitrogens with zero attached hydrogens (tertiary/aromatic N) is 3. The summed E-state index contributed by atoms with van der Waals surface area (Å²) in [5.41, 5.74) is 1.35. The maximum atomic E-state index is 12.6. The lowest BCUT2D eigenvalue weighted by atomic mass is 10.1. The van der Waals surface area contributed by atoms with Gasteiger partial charge in [0.15, 0.2) is 6.79 Å². The minimum atomic E-state index is -0.523. The van der Waals surface area contributed by atoms with E-state index in [1.54, 1.807) is 26.1 Å². The summed E-state index contributed by atoms with van der Waals surface area (Å²) in [5.74, 6) is 0.0617. The average molecular weight is 413 g/mol. The van der Waals surface area contributed by atoms with Crippen LogP contribution in [0.1, 0.15) is 29.7 Å². The van der Waals surface area contributed by atoms with Gasteiger partial charge in [-0.05, 0) is 18.6 Å². The van der Waals surface area contributed by atoms with Crippen molar-refractivity contribution in [3.63, 3.8) is 0 Å². The van der Waals surface area contributed by atoms with Gasteiger partial charge in [-0.2, -0.15) is 0 Å². The molecule has 156 valence electrons. The number of hydrogen-bond acceptors (Lipinski definition) is 7. The van der Waals surface area contributed by atoms with E-state index in [1.807, 2.05) is 0 Å². The number of carbonyl (C=O) groups excluding carboxylic acids is 1. The quantitative estimate of drug-likeness (QED) is 0.402. The molecule has 0 saturated heterocycles. The normalized spacial score (nSPS) is 13.9. The summed E-state index contributed by atoms with van der Waals surface area (Å²) in [6, 6.07) is 8.35. The van der Waals surface area contributed by atoms with E-state index in [2.05, 4.69) is 0 Å². The fourth-order valence-corrected chi connectivity index (χ4v) is 3.05. The van der Waals surface area contributed by atoms with E-state index >= 15 is 0 Å². The first-order chi connectivity index (χ1) is 14.3. The van der Waals surface area contributed by atoms with Crippen LogP contribution in [0.5, 0.6) is 5.75 Å². The molecule has 2 aromatic rings. The summed E-state index contributed by atoms with van der Waals surface area (Å²) in [6.45, 7) is 1.94. The van der Waals surface area contributed by atoms with Gasteiger partial charge in [-0.25, -0.2) is 0 Å². The highest BCUT2D eigenvalue weighted by Crippen LogP contribution is 2.33. The third-order valence-electron chi connectivity index (χ3n) is 4.83. The number of nitro groups is 2. The molecule has 0 aliphatic carbocycles. The van der Waals surface area contributed by atoms with Gasteiger partial charge in [0, 0.05) is 48.5 Å². The molecule has 0 bridgehead atoms. The Kier molecular flexibility index (Phi) is 6.07. The second-order valence-electron chi connectivity index (χ2n) is 6.70. The SMILES string of the molecule is C[C@@H](c1cccc([N+](=O)[O-])c1)N(C)C(=O)/C=C/c1cc([N+](=O)[O-])cc2c1OCOC2. The summed E-state index contributed by atoms with van der Waals surface area (Å²) in [4.78, 5) is 35.2. The Labute approximate surface area is 171 Å². The van der Waals surface area contributed by atoms with Crippen LogP contribution in [-0.4, -0.2) is 34.5 Å². The predicted octanol–water partition coefficient (Wildman–Crippen LogP) is 3.60. The molecular weight excluding hydrogens is 394 g/mol. The minimum absolute atomic E-state index is 0.0172. The molecule has 1 amide bonds. The molecule has 0 fully saturated rings. The van der Waals surface area contributed by atoms with Crippen LogP contribution in [0.15, 0.2) is 42.5 Å². The second kappa shape index (κ2) is 8.70. The van der Waals surface area contributed by atoms with Crippen molar-refractivity contribution in [2.24, 2.45) is 0 Å². The monoisotopic (exact) mass is 413 g/mol. The fraction of sp³-hybridized carbons (Fsp3) is 0.250. The molecule has 3 rings (SSSR count). The van der Waals surface area contributed by atoms with Crippen LogP contribution in [0.2, 0.25) is 0 Å². The molecule has 0 radical (unpaired) electrons. The molecule has 1 aliphatic rings. The lowest BCUT2D eigenvalue weighted by Crippen LogP contribution is -2.28. The Bertz CT molecular complexity index is 1040. The molecule has 1 atom stereocenters. The zero-order valence-corrected chi connectivity index (χ0v) is 16.3. The molecule has 30 heavy (non-hydrogen) atoms. The van der Waals surface area contributed by atoms with Crippen molar-refractivity contribution in [1.29, 1.82) is 0 Å². The zero-order chi connectivity index (χ0) is 21.8. The zero-order valence-electron chi connectivity index (χ0n) is 16.3. The van der Waals surface area contributed by atoms with E-state index in [1.165, 1.54) is 41.3 Å². The van der Waals surface area contributed by atoms with Gasteiger partial charge in [0.25, 0.3) is 11.4 Å². The van der Waals surface area contributed by atoms with Crippen LogP contribution < -0.4 is 4.74 Å². The number of hydrogen-bond donors (Lipinski definition) is 0. The number of likely N-dealkylation sites (N-methyl/N-ethyl adjacent to an activating group) is 1. The first kappa shape index (κ1) is 20.9. The standard InChI is InChI=1S/C20H19N3O7/c1-13(14-4-3-5-17(8-14)22(25)26)21(2)19(24)7-6-15-9-18(23(27)28)10-16-11-29-12-30-20(15)16/h3-10,13H,11-12H2,1-2H3/b7-6+/t13-/m0/s1. The van der Waals surface area contributed by atoms with Crippen molar-refractivity contribution in [3.8, 4) is 5.75 Å². The van der Waals surface area contributed by atoms with Gasteiger partial charge in [-0.1, -0.05) is 12.1 Å². The molecule has 0 aromatic heterocycles. The Morgan fingerprint density at radius 1 is 1.17 bits per heavy atom. The van der Waals surface area contributed by atoms with Crippen molar-refractivity contribution in [3.05, 3.63) is 79.4 Å². The van der Waals surface area contributed by atoms with Gasteiger partial charge in [0.1, 0.15) is 5.75 Å². The van der Waals surface area contributed by atoms with Crippen molar-refractivity contribution in [1.82, 2.24) is 4.90 Å². The Morgan fingerprint density at radius 3 is 2.60 bits per heavy atom. The van der Waals surface area contributed by atoms with Gasteiger partial charge in [-0.3, -0.25) is 25.0 Å². The second-order valence-corrected chi connectivity index (χ2v) is 6.70. The summed E-state index contributed by atoms with van der Waals surface area (Å²) < 4.78 is 10.6. The van der Waals surface area contributed by atoms with Crippen LogP contribution >= 0.6 is 0 Å².